The van der Waals surface area contributed by atoms with Gasteiger partial charge in [-0.25, -0.2) is 9.97 Å². The Morgan fingerprint density at radius 3 is 2.64 bits per heavy atom. The van der Waals surface area contributed by atoms with Crippen molar-refractivity contribution in [3.63, 3.8) is 0 Å². The minimum Gasteiger partial charge on any atom is -0.370 e. The number of aryl methyl sites for hydroxylation is 1. The molecule has 0 aliphatic rings. The van der Waals surface area contributed by atoms with Crippen LogP contribution in [0.5, 0.6) is 0 Å². The average molecular weight is 364 g/mol. The number of anilines is 3. The van der Waals surface area contributed by atoms with Gasteiger partial charge >= 0.3 is 0 Å². The number of hydrogen-bond donors (Lipinski definition) is 2. The summed E-state index contributed by atoms with van der Waals surface area (Å²) in [5, 5.41) is 6.62. The SMILES string of the molecule is Cc1ccc(Nc2cc(NCCCN(C)C)ncn2)c(Br)c1. The van der Waals surface area contributed by atoms with Crippen LogP contribution in [0.15, 0.2) is 35.1 Å². The predicted octanol–water partition coefficient (Wildman–Crippen LogP) is 3.65. The third kappa shape index (κ3) is 5.27. The third-order valence-electron chi connectivity index (χ3n) is 3.14. The van der Waals surface area contributed by atoms with E-state index in [1.54, 1.807) is 6.33 Å². The van der Waals surface area contributed by atoms with Crippen LogP contribution in [-0.2, 0) is 0 Å². The van der Waals surface area contributed by atoms with E-state index in [-0.39, 0.29) is 0 Å². The molecule has 0 radical (unpaired) electrons. The summed E-state index contributed by atoms with van der Waals surface area (Å²) in [6.07, 6.45) is 2.64. The average Bonchev–Trinajstić information content (AvgIpc) is 2.47. The lowest BCUT2D eigenvalue weighted by atomic mass is 10.2. The van der Waals surface area contributed by atoms with Gasteiger partial charge in [0.25, 0.3) is 0 Å². The molecule has 118 valence electrons. The molecule has 0 saturated heterocycles. The lowest BCUT2D eigenvalue weighted by Crippen LogP contribution is -2.16. The third-order valence-corrected chi connectivity index (χ3v) is 3.80. The Morgan fingerprint density at radius 2 is 1.91 bits per heavy atom. The molecule has 0 unspecified atom stereocenters. The standard InChI is InChI=1S/C16H22BrN5/c1-12-5-6-14(13(17)9-12)21-16-10-15(19-11-20-16)18-7-4-8-22(2)3/h5-6,9-11H,4,7-8H2,1-3H3,(H2,18,19,20,21). The Morgan fingerprint density at radius 1 is 1.14 bits per heavy atom. The van der Waals surface area contributed by atoms with E-state index in [4.69, 9.17) is 0 Å². The summed E-state index contributed by atoms with van der Waals surface area (Å²) in [7, 11) is 4.15. The van der Waals surface area contributed by atoms with Gasteiger partial charge in [-0.3, -0.25) is 0 Å². The van der Waals surface area contributed by atoms with Gasteiger partial charge < -0.3 is 15.5 Å². The van der Waals surface area contributed by atoms with Crippen LogP contribution < -0.4 is 10.6 Å². The predicted molar refractivity (Wildman–Crippen MR) is 95.9 cm³/mol. The van der Waals surface area contributed by atoms with Crippen LogP contribution in [0.2, 0.25) is 0 Å². The number of halogens is 1. The number of nitrogens with zero attached hydrogens (tertiary/aromatic N) is 3. The Labute approximate surface area is 140 Å². The largest absolute Gasteiger partial charge is 0.370 e. The van der Waals surface area contributed by atoms with Crippen LogP contribution in [0, 0.1) is 6.92 Å². The normalized spacial score (nSPS) is 10.8. The molecule has 0 amide bonds. The molecule has 0 bridgehead atoms. The molecule has 0 saturated carbocycles. The number of benzene rings is 1. The summed E-state index contributed by atoms with van der Waals surface area (Å²) in [6, 6.07) is 8.09. The molecule has 0 aliphatic carbocycles. The first kappa shape index (κ1) is 16.7. The molecular formula is C16H22BrN5. The molecule has 0 spiro atoms. The number of hydrogen-bond acceptors (Lipinski definition) is 5. The summed E-state index contributed by atoms with van der Waals surface area (Å²) < 4.78 is 1.02. The summed E-state index contributed by atoms with van der Waals surface area (Å²) in [5.41, 5.74) is 2.20. The molecule has 1 aromatic heterocycles. The minimum atomic E-state index is 0.773. The topological polar surface area (TPSA) is 53.1 Å². The molecule has 22 heavy (non-hydrogen) atoms. The van der Waals surface area contributed by atoms with Gasteiger partial charge in [0.05, 0.1) is 5.69 Å². The van der Waals surface area contributed by atoms with Crippen molar-refractivity contribution in [2.24, 2.45) is 0 Å². The zero-order valence-corrected chi connectivity index (χ0v) is 14.8. The van der Waals surface area contributed by atoms with Crippen molar-refractivity contribution in [3.8, 4) is 0 Å². The van der Waals surface area contributed by atoms with E-state index in [0.29, 0.717) is 0 Å². The van der Waals surface area contributed by atoms with Gasteiger partial charge in [-0.05, 0) is 67.6 Å². The molecule has 5 nitrogen and oxygen atoms in total. The molecule has 2 N–H and O–H groups in total. The number of aromatic nitrogens is 2. The van der Waals surface area contributed by atoms with E-state index >= 15 is 0 Å². The second-order valence-corrected chi connectivity index (χ2v) is 6.33. The van der Waals surface area contributed by atoms with Gasteiger partial charge in [-0.2, -0.15) is 0 Å². The van der Waals surface area contributed by atoms with Gasteiger partial charge in [-0.15, -0.1) is 0 Å². The van der Waals surface area contributed by atoms with Gasteiger partial charge in [0.1, 0.15) is 18.0 Å². The summed E-state index contributed by atoms with van der Waals surface area (Å²) in [4.78, 5) is 10.7. The minimum absolute atomic E-state index is 0.773. The Kier molecular flexibility index (Phi) is 6.15. The van der Waals surface area contributed by atoms with Crippen molar-refractivity contribution in [3.05, 3.63) is 40.6 Å². The summed E-state index contributed by atoms with van der Waals surface area (Å²) in [6.45, 7) is 4.01. The highest BCUT2D eigenvalue weighted by Gasteiger charge is 2.03. The van der Waals surface area contributed by atoms with Gasteiger partial charge in [0.15, 0.2) is 0 Å². The van der Waals surface area contributed by atoms with Crippen LogP contribution >= 0.6 is 15.9 Å². The molecule has 0 atom stereocenters. The van der Waals surface area contributed by atoms with E-state index in [1.165, 1.54) is 5.56 Å². The lowest BCUT2D eigenvalue weighted by molar-refractivity contribution is 0.405. The van der Waals surface area contributed by atoms with Crippen molar-refractivity contribution in [1.82, 2.24) is 14.9 Å². The summed E-state index contributed by atoms with van der Waals surface area (Å²) >= 11 is 3.56. The van der Waals surface area contributed by atoms with Gasteiger partial charge in [0.2, 0.25) is 0 Å². The lowest BCUT2D eigenvalue weighted by Gasteiger charge is -2.11. The van der Waals surface area contributed by atoms with Crippen molar-refractivity contribution < 1.29 is 0 Å². The molecule has 2 aromatic rings. The first-order chi connectivity index (χ1) is 10.5. The van der Waals surface area contributed by atoms with E-state index < -0.39 is 0 Å². The molecule has 6 heteroatoms. The number of nitrogens with one attached hydrogen (secondary N) is 2. The van der Waals surface area contributed by atoms with Crippen molar-refractivity contribution in [2.45, 2.75) is 13.3 Å². The maximum absolute atomic E-state index is 4.26. The van der Waals surface area contributed by atoms with E-state index in [9.17, 15) is 0 Å². The molecule has 2 rings (SSSR count). The van der Waals surface area contributed by atoms with Crippen LogP contribution in [0.3, 0.4) is 0 Å². The van der Waals surface area contributed by atoms with Crippen molar-refractivity contribution in [2.75, 3.05) is 37.8 Å². The monoisotopic (exact) mass is 363 g/mol. The number of rotatable bonds is 7. The summed E-state index contributed by atoms with van der Waals surface area (Å²) in [5.74, 6) is 1.61. The van der Waals surface area contributed by atoms with Crippen molar-refractivity contribution in [1.29, 1.82) is 0 Å². The Balaban J connectivity index is 1.96. The van der Waals surface area contributed by atoms with Crippen LogP contribution in [0.25, 0.3) is 0 Å². The second-order valence-electron chi connectivity index (χ2n) is 5.48. The Bertz CT molecular complexity index is 615. The smallest absolute Gasteiger partial charge is 0.135 e. The molecule has 1 aromatic carbocycles. The zero-order chi connectivity index (χ0) is 15.9. The second kappa shape index (κ2) is 8.10. The fraction of sp³-hybridized carbons (Fsp3) is 0.375. The molecule has 0 aliphatic heterocycles. The highest BCUT2D eigenvalue weighted by atomic mass is 79.9. The molecule has 1 heterocycles. The first-order valence-electron chi connectivity index (χ1n) is 7.28. The fourth-order valence-electron chi connectivity index (χ4n) is 1.99. The highest BCUT2D eigenvalue weighted by Crippen LogP contribution is 2.26. The maximum atomic E-state index is 4.26. The van der Waals surface area contributed by atoms with Crippen molar-refractivity contribution >= 4 is 33.3 Å². The highest BCUT2D eigenvalue weighted by molar-refractivity contribution is 9.10. The maximum Gasteiger partial charge on any atom is 0.135 e. The van der Waals surface area contributed by atoms with E-state index in [1.807, 2.05) is 12.1 Å². The van der Waals surface area contributed by atoms with Crippen LogP contribution in [-0.4, -0.2) is 42.1 Å². The van der Waals surface area contributed by atoms with Gasteiger partial charge in [0, 0.05) is 17.1 Å². The van der Waals surface area contributed by atoms with Crippen LogP contribution in [0.1, 0.15) is 12.0 Å². The van der Waals surface area contributed by atoms with E-state index in [2.05, 4.69) is 74.6 Å². The van der Waals surface area contributed by atoms with Gasteiger partial charge in [-0.1, -0.05) is 6.07 Å². The molecular weight excluding hydrogens is 342 g/mol. The Hall–Kier alpha value is -1.66. The van der Waals surface area contributed by atoms with E-state index in [0.717, 1.165) is 41.3 Å². The zero-order valence-electron chi connectivity index (χ0n) is 13.2. The fourth-order valence-corrected chi connectivity index (χ4v) is 2.59. The quantitative estimate of drug-likeness (QED) is 0.735. The van der Waals surface area contributed by atoms with Crippen LogP contribution in [0.4, 0.5) is 17.3 Å². The first-order valence-corrected chi connectivity index (χ1v) is 8.08. The molecule has 0 fully saturated rings.